The van der Waals surface area contributed by atoms with E-state index in [2.05, 4.69) is 76.2 Å². The third-order valence-electron chi connectivity index (χ3n) is 8.24. The van der Waals surface area contributed by atoms with E-state index in [0.717, 1.165) is 22.4 Å². The SMILES string of the molecule is Cc1ccc(-c2cc(CC(=O)OCC3C4C=CC(C4)C3COC(=O)Cc3cc(C)sc3-c3ccc(C)s3)c(C)s2)s1. The van der Waals surface area contributed by atoms with Gasteiger partial charge in [0.25, 0.3) is 0 Å². The Kier molecular flexibility index (Phi) is 8.37. The van der Waals surface area contributed by atoms with Gasteiger partial charge in [-0.15, -0.1) is 45.3 Å². The fraction of sp³-hybridized carbons (Fsp3) is 0.394. The summed E-state index contributed by atoms with van der Waals surface area (Å²) >= 11 is 7.00. The summed E-state index contributed by atoms with van der Waals surface area (Å²) in [6, 6.07) is 12.8. The second-order valence-corrected chi connectivity index (χ2v) is 16.3. The topological polar surface area (TPSA) is 52.6 Å². The molecule has 0 amide bonds. The van der Waals surface area contributed by atoms with Crippen LogP contribution in [0.2, 0.25) is 0 Å². The number of esters is 2. The van der Waals surface area contributed by atoms with Gasteiger partial charge in [-0.25, -0.2) is 0 Å². The van der Waals surface area contributed by atoms with Gasteiger partial charge in [-0.2, -0.15) is 0 Å². The second kappa shape index (κ2) is 12.0. The first-order valence-electron chi connectivity index (χ1n) is 14.1. The number of hydrogen-bond acceptors (Lipinski definition) is 8. The van der Waals surface area contributed by atoms with Crippen molar-refractivity contribution in [2.45, 2.75) is 47.0 Å². The summed E-state index contributed by atoms with van der Waals surface area (Å²) in [4.78, 5) is 35.6. The monoisotopic (exact) mass is 622 g/mol. The Morgan fingerprint density at radius 2 is 1.27 bits per heavy atom. The molecule has 4 heterocycles. The van der Waals surface area contributed by atoms with Crippen molar-refractivity contribution in [2.75, 3.05) is 13.2 Å². The highest BCUT2D eigenvalue weighted by Crippen LogP contribution is 2.48. The molecule has 4 aromatic rings. The quantitative estimate of drug-likeness (QED) is 0.131. The molecule has 0 aromatic carbocycles. The molecular weight excluding hydrogens is 589 g/mol. The lowest BCUT2D eigenvalue weighted by atomic mass is 9.84. The molecule has 1 saturated carbocycles. The highest BCUT2D eigenvalue weighted by molar-refractivity contribution is 7.22. The van der Waals surface area contributed by atoms with Crippen LogP contribution in [0.1, 0.15) is 37.1 Å². The fourth-order valence-electron chi connectivity index (χ4n) is 6.16. The maximum absolute atomic E-state index is 13.0. The van der Waals surface area contributed by atoms with Crippen LogP contribution in [-0.4, -0.2) is 25.2 Å². The van der Waals surface area contributed by atoms with Gasteiger partial charge in [0.05, 0.1) is 26.1 Å². The summed E-state index contributed by atoms with van der Waals surface area (Å²) in [5.74, 6) is 0.739. The maximum Gasteiger partial charge on any atom is 0.310 e. The van der Waals surface area contributed by atoms with E-state index in [1.54, 1.807) is 45.3 Å². The Hall–Kier alpha value is -2.52. The summed E-state index contributed by atoms with van der Waals surface area (Å²) in [5, 5.41) is 0. The molecule has 0 radical (unpaired) electrons. The number of aryl methyl sites for hydroxylation is 4. The maximum atomic E-state index is 13.0. The highest BCUT2D eigenvalue weighted by Gasteiger charge is 2.45. The Bertz CT molecular complexity index is 1600. The molecule has 1 fully saturated rings. The molecule has 0 aliphatic heterocycles. The zero-order valence-corrected chi connectivity index (χ0v) is 27.0. The van der Waals surface area contributed by atoms with E-state index in [0.29, 0.717) is 25.0 Å². The number of carbonyl (C=O) groups excluding carboxylic acids is 2. The standard InChI is InChI=1S/C33H34O4S4/c1-18-5-9-28(38-18)30-13-24(21(4)41-30)14-31(34)36-16-26-22-7-8-23(12-22)27(26)17-37-32(35)15-25-11-20(3)40-33(25)29-10-6-19(2)39-29/h5-11,13,22-23,26-27H,12,14-17H2,1-4H3. The van der Waals surface area contributed by atoms with Gasteiger partial charge in [-0.3, -0.25) is 9.59 Å². The van der Waals surface area contributed by atoms with Gasteiger partial charge in [-0.05, 0) is 93.5 Å². The molecule has 4 nitrogen and oxygen atoms in total. The molecule has 2 aliphatic rings. The molecule has 214 valence electrons. The summed E-state index contributed by atoms with van der Waals surface area (Å²) in [5.41, 5.74) is 2.08. The lowest BCUT2D eigenvalue weighted by Gasteiger charge is -2.27. The third-order valence-corrected chi connectivity index (χ3v) is 12.8. The first kappa shape index (κ1) is 28.6. The van der Waals surface area contributed by atoms with Crippen molar-refractivity contribution in [3.8, 4) is 19.5 Å². The minimum atomic E-state index is -0.190. The van der Waals surface area contributed by atoms with E-state index in [4.69, 9.17) is 9.47 Å². The second-order valence-electron chi connectivity index (χ2n) is 11.2. The Balaban J connectivity index is 1.04. The van der Waals surface area contributed by atoms with E-state index in [1.807, 2.05) is 0 Å². The number of thiophene rings is 4. The molecule has 41 heavy (non-hydrogen) atoms. The third kappa shape index (κ3) is 6.31. The average molecular weight is 623 g/mol. The lowest BCUT2D eigenvalue weighted by Crippen LogP contribution is -2.30. The molecule has 4 unspecified atom stereocenters. The van der Waals surface area contributed by atoms with E-state index >= 15 is 0 Å². The minimum Gasteiger partial charge on any atom is -0.465 e. The molecule has 8 heteroatoms. The van der Waals surface area contributed by atoms with Crippen LogP contribution in [0.15, 0.2) is 48.6 Å². The van der Waals surface area contributed by atoms with Crippen LogP contribution in [0, 0.1) is 51.4 Å². The van der Waals surface area contributed by atoms with Gasteiger partial charge in [0, 0.05) is 50.9 Å². The van der Waals surface area contributed by atoms with Gasteiger partial charge in [-0.1, -0.05) is 12.2 Å². The zero-order chi connectivity index (χ0) is 28.7. The molecule has 6 rings (SSSR count). The van der Waals surface area contributed by atoms with Gasteiger partial charge in [0.15, 0.2) is 0 Å². The minimum absolute atomic E-state index is 0.182. The predicted octanol–water partition coefficient (Wildman–Crippen LogP) is 8.81. The highest BCUT2D eigenvalue weighted by atomic mass is 32.1. The van der Waals surface area contributed by atoms with E-state index in [1.165, 1.54) is 34.1 Å². The lowest BCUT2D eigenvalue weighted by molar-refractivity contribution is -0.149. The van der Waals surface area contributed by atoms with Gasteiger partial charge < -0.3 is 9.47 Å². The summed E-state index contributed by atoms with van der Waals surface area (Å²) in [6.07, 6.45) is 6.12. The molecule has 0 spiro atoms. The van der Waals surface area contributed by atoms with E-state index in [9.17, 15) is 9.59 Å². The summed E-state index contributed by atoms with van der Waals surface area (Å²) in [7, 11) is 0. The molecule has 4 atom stereocenters. The number of hydrogen-bond donors (Lipinski definition) is 0. The van der Waals surface area contributed by atoms with Crippen molar-refractivity contribution in [1.82, 2.24) is 0 Å². The zero-order valence-electron chi connectivity index (χ0n) is 23.7. The number of ether oxygens (including phenoxy) is 2. The predicted molar refractivity (Wildman–Crippen MR) is 171 cm³/mol. The molecule has 0 saturated heterocycles. The normalized spacial score (nSPS) is 21.1. The number of fused-ring (bicyclic) bond motifs is 2. The van der Waals surface area contributed by atoms with Crippen molar-refractivity contribution in [1.29, 1.82) is 0 Å². The molecule has 0 N–H and O–H groups in total. The Labute approximate surface area is 257 Å². The molecule has 2 bridgehead atoms. The first-order chi connectivity index (χ1) is 19.7. The largest absolute Gasteiger partial charge is 0.465 e. The van der Waals surface area contributed by atoms with Crippen LogP contribution in [0.4, 0.5) is 0 Å². The van der Waals surface area contributed by atoms with Gasteiger partial charge >= 0.3 is 11.9 Å². The van der Waals surface area contributed by atoms with Crippen molar-refractivity contribution in [3.63, 3.8) is 0 Å². The van der Waals surface area contributed by atoms with Crippen LogP contribution in [0.5, 0.6) is 0 Å². The first-order valence-corrected chi connectivity index (χ1v) is 17.3. The van der Waals surface area contributed by atoms with Crippen molar-refractivity contribution in [3.05, 3.63) is 79.2 Å². The van der Waals surface area contributed by atoms with Crippen LogP contribution >= 0.6 is 45.3 Å². The Morgan fingerprint density at radius 1 is 0.683 bits per heavy atom. The van der Waals surface area contributed by atoms with Crippen LogP contribution < -0.4 is 0 Å². The van der Waals surface area contributed by atoms with E-state index < -0.39 is 0 Å². The Morgan fingerprint density at radius 3 is 1.85 bits per heavy atom. The van der Waals surface area contributed by atoms with Gasteiger partial charge in [0.2, 0.25) is 0 Å². The van der Waals surface area contributed by atoms with Crippen LogP contribution in [-0.2, 0) is 31.9 Å². The van der Waals surface area contributed by atoms with Crippen molar-refractivity contribution < 1.29 is 19.1 Å². The fourth-order valence-corrected chi connectivity index (χ4v) is 10.2. The van der Waals surface area contributed by atoms with Crippen LogP contribution in [0.3, 0.4) is 0 Å². The number of allylic oxidation sites excluding steroid dienone is 2. The molecular formula is C33H34O4S4. The number of rotatable bonds is 10. The average Bonchev–Trinajstić information content (AvgIpc) is 3.76. The van der Waals surface area contributed by atoms with E-state index in [-0.39, 0.29) is 36.6 Å². The number of carbonyl (C=O) groups is 2. The van der Waals surface area contributed by atoms with Gasteiger partial charge in [0.1, 0.15) is 0 Å². The summed E-state index contributed by atoms with van der Waals surface area (Å²) < 4.78 is 11.7. The van der Waals surface area contributed by atoms with Crippen molar-refractivity contribution in [2.24, 2.45) is 23.7 Å². The van der Waals surface area contributed by atoms with Crippen molar-refractivity contribution >= 4 is 57.3 Å². The summed E-state index contributed by atoms with van der Waals surface area (Å²) in [6.45, 7) is 9.12. The molecule has 2 aliphatic carbocycles. The van der Waals surface area contributed by atoms with Crippen LogP contribution in [0.25, 0.3) is 19.5 Å². The molecule has 4 aromatic heterocycles. The smallest absolute Gasteiger partial charge is 0.310 e.